The molecule has 0 spiro atoms. The predicted octanol–water partition coefficient (Wildman–Crippen LogP) is 6.35. The lowest BCUT2D eigenvalue weighted by Gasteiger charge is -2.18. The SMILES string of the molecule is Cc1cc(C)cc(-c2cccc3c2C=C(CC(C)(C)C)C3)c1. The fraction of sp³-hybridized carbons (Fsp3) is 0.364. The molecule has 1 aliphatic carbocycles. The van der Waals surface area contributed by atoms with Crippen molar-refractivity contribution in [2.45, 2.75) is 47.5 Å². The minimum absolute atomic E-state index is 0.355. The van der Waals surface area contributed by atoms with Crippen LogP contribution in [0.15, 0.2) is 42.0 Å². The fourth-order valence-corrected chi connectivity index (χ4v) is 3.61. The van der Waals surface area contributed by atoms with Gasteiger partial charge in [-0.25, -0.2) is 0 Å². The van der Waals surface area contributed by atoms with E-state index in [4.69, 9.17) is 0 Å². The molecule has 0 amide bonds. The predicted molar refractivity (Wildman–Crippen MR) is 97.1 cm³/mol. The second-order valence-corrected chi connectivity index (χ2v) is 7.97. The third-order valence-corrected chi connectivity index (χ3v) is 4.25. The van der Waals surface area contributed by atoms with Crippen molar-refractivity contribution in [3.63, 3.8) is 0 Å². The standard InChI is InChI=1S/C22H26/c1-15-9-16(2)11-19(10-15)20-8-6-7-18-12-17(13-21(18)20)14-22(3,4)5/h6-11,13H,12,14H2,1-5H3. The Kier molecular flexibility index (Phi) is 3.72. The fourth-order valence-electron chi connectivity index (χ4n) is 3.61. The van der Waals surface area contributed by atoms with Crippen LogP contribution in [0, 0.1) is 19.3 Å². The van der Waals surface area contributed by atoms with Gasteiger partial charge in [0.05, 0.1) is 0 Å². The van der Waals surface area contributed by atoms with Crippen LogP contribution in [-0.2, 0) is 6.42 Å². The van der Waals surface area contributed by atoms with Crippen molar-refractivity contribution in [3.05, 3.63) is 64.2 Å². The topological polar surface area (TPSA) is 0 Å². The summed E-state index contributed by atoms with van der Waals surface area (Å²) in [6, 6.07) is 13.6. The zero-order chi connectivity index (χ0) is 15.9. The third kappa shape index (κ3) is 3.16. The first-order valence-electron chi connectivity index (χ1n) is 8.22. The van der Waals surface area contributed by atoms with Crippen LogP contribution in [0.3, 0.4) is 0 Å². The summed E-state index contributed by atoms with van der Waals surface area (Å²) in [6.07, 6.45) is 4.73. The van der Waals surface area contributed by atoms with Gasteiger partial charge in [-0.15, -0.1) is 0 Å². The molecule has 2 aromatic rings. The summed E-state index contributed by atoms with van der Waals surface area (Å²) in [5.74, 6) is 0. The monoisotopic (exact) mass is 290 g/mol. The lowest BCUT2D eigenvalue weighted by atomic mass is 9.87. The highest BCUT2D eigenvalue weighted by atomic mass is 14.3. The number of hydrogen-bond donors (Lipinski definition) is 0. The molecule has 0 N–H and O–H groups in total. The average Bonchev–Trinajstić information content (AvgIpc) is 2.76. The van der Waals surface area contributed by atoms with E-state index < -0.39 is 0 Å². The summed E-state index contributed by atoms with van der Waals surface area (Å²) in [6.45, 7) is 11.3. The van der Waals surface area contributed by atoms with Crippen LogP contribution in [0.2, 0.25) is 0 Å². The van der Waals surface area contributed by atoms with Gasteiger partial charge in [-0.1, -0.05) is 79.9 Å². The molecule has 2 aromatic carbocycles. The van der Waals surface area contributed by atoms with E-state index >= 15 is 0 Å². The quantitative estimate of drug-likeness (QED) is 0.605. The molecule has 0 aromatic heterocycles. The molecule has 0 radical (unpaired) electrons. The molecule has 0 heteroatoms. The zero-order valence-electron chi connectivity index (χ0n) is 14.5. The molecule has 0 heterocycles. The number of allylic oxidation sites excluding steroid dienone is 1. The number of hydrogen-bond acceptors (Lipinski definition) is 0. The molecule has 0 saturated heterocycles. The van der Waals surface area contributed by atoms with Crippen LogP contribution < -0.4 is 0 Å². The minimum atomic E-state index is 0.355. The molecule has 0 aliphatic heterocycles. The lowest BCUT2D eigenvalue weighted by molar-refractivity contribution is 0.408. The van der Waals surface area contributed by atoms with Crippen LogP contribution in [0.1, 0.15) is 49.4 Å². The molecule has 0 unspecified atom stereocenters. The van der Waals surface area contributed by atoms with E-state index in [9.17, 15) is 0 Å². The molecule has 3 rings (SSSR count). The van der Waals surface area contributed by atoms with Crippen molar-refractivity contribution in [2.75, 3.05) is 0 Å². The van der Waals surface area contributed by atoms with E-state index in [1.54, 1.807) is 5.57 Å². The Morgan fingerprint density at radius 3 is 2.27 bits per heavy atom. The Hall–Kier alpha value is -1.82. The van der Waals surface area contributed by atoms with Gasteiger partial charge < -0.3 is 0 Å². The zero-order valence-corrected chi connectivity index (χ0v) is 14.5. The van der Waals surface area contributed by atoms with Crippen molar-refractivity contribution in [3.8, 4) is 11.1 Å². The maximum atomic E-state index is 2.44. The Morgan fingerprint density at radius 2 is 1.64 bits per heavy atom. The molecule has 0 bridgehead atoms. The van der Waals surface area contributed by atoms with Gasteiger partial charge in [0.1, 0.15) is 0 Å². The van der Waals surface area contributed by atoms with Crippen molar-refractivity contribution in [2.24, 2.45) is 5.41 Å². The van der Waals surface area contributed by atoms with Crippen LogP contribution in [0.5, 0.6) is 0 Å². The second kappa shape index (κ2) is 5.43. The molecular weight excluding hydrogens is 264 g/mol. The summed E-state index contributed by atoms with van der Waals surface area (Å²) >= 11 is 0. The van der Waals surface area contributed by atoms with Gasteiger partial charge in [0, 0.05) is 0 Å². The van der Waals surface area contributed by atoms with Crippen molar-refractivity contribution < 1.29 is 0 Å². The van der Waals surface area contributed by atoms with E-state index in [1.807, 2.05) is 0 Å². The molecule has 0 saturated carbocycles. The van der Waals surface area contributed by atoms with Gasteiger partial charge in [-0.2, -0.15) is 0 Å². The van der Waals surface area contributed by atoms with Crippen LogP contribution in [0.25, 0.3) is 17.2 Å². The van der Waals surface area contributed by atoms with Gasteiger partial charge in [-0.05, 0) is 54.4 Å². The first-order valence-corrected chi connectivity index (χ1v) is 8.22. The molecule has 114 valence electrons. The van der Waals surface area contributed by atoms with Gasteiger partial charge in [0.25, 0.3) is 0 Å². The molecule has 0 fully saturated rings. The largest absolute Gasteiger partial charge is 0.0647 e. The highest BCUT2D eigenvalue weighted by Crippen LogP contribution is 2.38. The van der Waals surface area contributed by atoms with E-state index in [0.29, 0.717) is 5.41 Å². The van der Waals surface area contributed by atoms with E-state index in [2.05, 4.69) is 77.1 Å². The minimum Gasteiger partial charge on any atom is -0.0647 e. The van der Waals surface area contributed by atoms with Crippen LogP contribution in [0.4, 0.5) is 0 Å². The Labute approximate surface area is 134 Å². The van der Waals surface area contributed by atoms with Crippen LogP contribution >= 0.6 is 0 Å². The summed E-state index contributed by atoms with van der Waals surface area (Å²) in [4.78, 5) is 0. The Morgan fingerprint density at radius 1 is 0.955 bits per heavy atom. The lowest BCUT2D eigenvalue weighted by Crippen LogP contribution is -2.06. The first kappa shape index (κ1) is 15.1. The summed E-state index contributed by atoms with van der Waals surface area (Å²) < 4.78 is 0. The van der Waals surface area contributed by atoms with Gasteiger partial charge in [0.15, 0.2) is 0 Å². The number of aryl methyl sites for hydroxylation is 2. The smallest absolute Gasteiger partial charge is 0.00574 e. The number of rotatable bonds is 2. The van der Waals surface area contributed by atoms with Gasteiger partial charge in [-0.3, -0.25) is 0 Å². The van der Waals surface area contributed by atoms with Gasteiger partial charge >= 0.3 is 0 Å². The summed E-state index contributed by atoms with van der Waals surface area (Å²) in [5, 5.41) is 0. The molecule has 0 nitrogen and oxygen atoms in total. The molecular formula is C22H26. The van der Waals surface area contributed by atoms with Crippen molar-refractivity contribution >= 4 is 6.08 Å². The maximum absolute atomic E-state index is 2.44. The summed E-state index contributed by atoms with van der Waals surface area (Å²) in [5.41, 5.74) is 10.3. The Bertz CT molecular complexity index is 719. The average molecular weight is 290 g/mol. The summed E-state index contributed by atoms with van der Waals surface area (Å²) in [7, 11) is 0. The van der Waals surface area contributed by atoms with E-state index in [0.717, 1.165) is 6.42 Å². The normalized spacial score (nSPS) is 14.0. The number of benzene rings is 2. The van der Waals surface area contributed by atoms with Crippen molar-refractivity contribution in [1.82, 2.24) is 0 Å². The molecule has 22 heavy (non-hydrogen) atoms. The van der Waals surface area contributed by atoms with E-state index in [1.165, 1.54) is 39.8 Å². The highest BCUT2D eigenvalue weighted by molar-refractivity contribution is 5.81. The first-order chi connectivity index (χ1) is 10.3. The van der Waals surface area contributed by atoms with E-state index in [-0.39, 0.29) is 0 Å². The van der Waals surface area contributed by atoms with Crippen molar-refractivity contribution in [1.29, 1.82) is 0 Å². The highest BCUT2D eigenvalue weighted by Gasteiger charge is 2.20. The number of fused-ring (bicyclic) bond motifs is 1. The third-order valence-electron chi connectivity index (χ3n) is 4.25. The maximum Gasteiger partial charge on any atom is -0.00574 e. The Balaban J connectivity index is 2.04. The second-order valence-electron chi connectivity index (χ2n) is 7.97. The van der Waals surface area contributed by atoms with Gasteiger partial charge in [0.2, 0.25) is 0 Å². The van der Waals surface area contributed by atoms with Crippen LogP contribution in [-0.4, -0.2) is 0 Å². The molecule has 1 aliphatic rings. The molecule has 0 atom stereocenters.